The fourth-order valence-corrected chi connectivity index (χ4v) is 4.53. The molecule has 0 radical (unpaired) electrons. The van der Waals surface area contributed by atoms with Crippen LogP contribution in [0.5, 0.6) is 0 Å². The minimum absolute atomic E-state index is 0.296. The molecule has 2 aliphatic heterocycles. The molecule has 1 N–H and O–H groups in total. The van der Waals surface area contributed by atoms with Crippen molar-refractivity contribution in [3.05, 3.63) is 48.3 Å². The van der Waals surface area contributed by atoms with Gasteiger partial charge in [0, 0.05) is 75.5 Å². The lowest BCUT2D eigenvalue weighted by Crippen LogP contribution is -2.50. The fourth-order valence-electron chi connectivity index (χ4n) is 4.53. The van der Waals surface area contributed by atoms with Gasteiger partial charge in [-0.05, 0) is 26.1 Å². The molecule has 0 saturated carbocycles. The lowest BCUT2D eigenvalue weighted by molar-refractivity contribution is 0.102. The monoisotopic (exact) mass is 494 g/mol. The van der Waals surface area contributed by atoms with Gasteiger partial charge in [0.05, 0.1) is 36.3 Å². The van der Waals surface area contributed by atoms with Crippen molar-refractivity contribution in [1.82, 2.24) is 24.6 Å². The van der Waals surface area contributed by atoms with Crippen LogP contribution in [-0.4, -0.2) is 89.6 Å². The van der Waals surface area contributed by atoms with Gasteiger partial charge in [-0.25, -0.2) is 14.4 Å². The summed E-state index contributed by atoms with van der Waals surface area (Å²) in [6.45, 7) is 7.13. The first-order chi connectivity index (χ1) is 17.4. The minimum Gasteiger partial charge on any atom is -0.378 e. The van der Waals surface area contributed by atoms with Gasteiger partial charge >= 0.3 is 0 Å². The first-order valence-electron chi connectivity index (χ1n) is 12.1. The molecule has 11 heteroatoms. The molecule has 3 aromatic rings. The number of halogens is 1. The molecule has 10 nitrogen and oxygen atoms in total. The number of rotatable bonds is 5. The van der Waals surface area contributed by atoms with Crippen molar-refractivity contribution >= 4 is 23.2 Å². The van der Waals surface area contributed by atoms with Crippen molar-refractivity contribution < 1.29 is 13.9 Å². The molecule has 2 fully saturated rings. The van der Waals surface area contributed by atoms with Crippen molar-refractivity contribution in [2.24, 2.45) is 7.05 Å². The second-order valence-electron chi connectivity index (χ2n) is 9.35. The number of carbonyl (C=O) groups is 1. The Hall–Kier alpha value is -3.57. The van der Waals surface area contributed by atoms with E-state index in [1.807, 2.05) is 4.90 Å². The zero-order valence-corrected chi connectivity index (χ0v) is 20.8. The third-order valence-corrected chi connectivity index (χ3v) is 6.84. The molecule has 0 spiro atoms. The number of morpholine rings is 1. The molecule has 2 saturated heterocycles. The van der Waals surface area contributed by atoms with Crippen LogP contribution in [0.25, 0.3) is 11.1 Å². The predicted molar refractivity (Wildman–Crippen MR) is 136 cm³/mol. The van der Waals surface area contributed by atoms with Crippen LogP contribution in [0.1, 0.15) is 17.3 Å². The van der Waals surface area contributed by atoms with Crippen molar-refractivity contribution in [2.75, 3.05) is 68.1 Å². The molecule has 1 atom stereocenters. The summed E-state index contributed by atoms with van der Waals surface area (Å²) in [7, 11) is 3.84. The van der Waals surface area contributed by atoms with Crippen LogP contribution in [0.2, 0.25) is 0 Å². The van der Waals surface area contributed by atoms with Crippen LogP contribution < -0.4 is 15.1 Å². The number of hydrogen-bond donors (Lipinski definition) is 1. The summed E-state index contributed by atoms with van der Waals surface area (Å²) < 4.78 is 22.5. The highest BCUT2D eigenvalue weighted by molar-refractivity contribution is 6.06. The molecule has 0 bridgehead atoms. The van der Waals surface area contributed by atoms with Crippen molar-refractivity contribution in [1.29, 1.82) is 0 Å². The van der Waals surface area contributed by atoms with Crippen LogP contribution in [0.15, 0.2) is 36.9 Å². The zero-order valence-electron chi connectivity index (χ0n) is 20.8. The summed E-state index contributed by atoms with van der Waals surface area (Å²) >= 11 is 0. The van der Waals surface area contributed by atoms with E-state index in [1.165, 1.54) is 12.3 Å². The Morgan fingerprint density at radius 1 is 1.06 bits per heavy atom. The SMILES string of the molecule is C[C@@H]1CN(c2cc(F)c(-c3cnc(N4CCOCC4)nc3)cc2NC(=O)c2cnn(C)c2)CCN1C. The Balaban J connectivity index is 1.48. The van der Waals surface area contributed by atoms with Crippen LogP contribution in [0.3, 0.4) is 0 Å². The van der Waals surface area contributed by atoms with E-state index in [2.05, 4.69) is 44.2 Å². The number of carbonyl (C=O) groups excluding carboxylic acids is 1. The summed E-state index contributed by atoms with van der Waals surface area (Å²) in [6, 6.07) is 3.47. The van der Waals surface area contributed by atoms with Gasteiger partial charge in [-0.15, -0.1) is 0 Å². The Morgan fingerprint density at radius 3 is 2.47 bits per heavy atom. The highest BCUT2D eigenvalue weighted by Crippen LogP contribution is 2.35. The number of piperazine rings is 1. The van der Waals surface area contributed by atoms with Crippen LogP contribution >= 0.6 is 0 Å². The smallest absolute Gasteiger partial charge is 0.258 e. The summed E-state index contributed by atoms with van der Waals surface area (Å²) in [4.78, 5) is 28.4. The number of hydrogen-bond acceptors (Lipinski definition) is 8. The van der Waals surface area contributed by atoms with Gasteiger partial charge in [0.2, 0.25) is 5.95 Å². The molecule has 1 aromatic carbocycles. The summed E-state index contributed by atoms with van der Waals surface area (Å²) in [5, 5.41) is 7.07. The number of nitrogens with one attached hydrogen (secondary N) is 1. The highest BCUT2D eigenvalue weighted by atomic mass is 19.1. The molecule has 0 aliphatic carbocycles. The number of nitrogens with zero attached hydrogens (tertiary/aromatic N) is 7. The summed E-state index contributed by atoms with van der Waals surface area (Å²) in [6.07, 6.45) is 6.41. The fraction of sp³-hybridized carbons (Fsp3) is 0.440. The zero-order chi connectivity index (χ0) is 25.2. The molecular weight excluding hydrogens is 463 g/mol. The number of aryl methyl sites for hydroxylation is 1. The van der Waals surface area contributed by atoms with Crippen molar-refractivity contribution in [3.63, 3.8) is 0 Å². The number of likely N-dealkylation sites (N-methyl/N-ethyl adjacent to an activating group) is 1. The van der Waals surface area contributed by atoms with E-state index < -0.39 is 5.82 Å². The molecule has 2 aliphatic rings. The lowest BCUT2D eigenvalue weighted by atomic mass is 10.0. The quantitative estimate of drug-likeness (QED) is 0.578. The third-order valence-electron chi connectivity index (χ3n) is 6.84. The maximum Gasteiger partial charge on any atom is 0.258 e. The van der Waals surface area contributed by atoms with Gasteiger partial charge in [0.25, 0.3) is 5.91 Å². The molecule has 0 unspecified atom stereocenters. The first kappa shape index (κ1) is 24.1. The maximum absolute atomic E-state index is 15.5. The first-order valence-corrected chi connectivity index (χ1v) is 12.1. The Morgan fingerprint density at radius 2 is 1.81 bits per heavy atom. The minimum atomic E-state index is -0.390. The van der Waals surface area contributed by atoms with Crippen LogP contribution in [-0.2, 0) is 11.8 Å². The number of benzene rings is 1. The molecule has 36 heavy (non-hydrogen) atoms. The van der Waals surface area contributed by atoms with E-state index in [-0.39, 0.29) is 5.91 Å². The Labute approximate surface area is 209 Å². The van der Waals surface area contributed by atoms with Gasteiger partial charge in [-0.3, -0.25) is 9.48 Å². The van der Waals surface area contributed by atoms with E-state index in [0.717, 1.165) is 32.7 Å². The molecule has 4 heterocycles. The van der Waals surface area contributed by atoms with Gasteiger partial charge in [-0.2, -0.15) is 5.10 Å². The van der Waals surface area contributed by atoms with E-state index >= 15 is 4.39 Å². The second-order valence-corrected chi connectivity index (χ2v) is 9.35. The standard InChI is InChI=1S/C25H31FN8O2/c1-17-15-34(5-4-31(17)2)23-11-21(26)20(10-22(23)30-24(35)19-14-29-32(3)16-19)18-12-27-25(28-13-18)33-6-8-36-9-7-33/h10-14,16-17H,4-9,15H2,1-3H3,(H,30,35)/t17-/m1/s1. The third kappa shape index (κ3) is 5.02. The Bertz CT molecular complexity index is 1230. The van der Waals surface area contributed by atoms with Gasteiger partial charge in [0.15, 0.2) is 0 Å². The van der Waals surface area contributed by atoms with E-state index in [1.54, 1.807) is 36.4 Å². The molecule has 1 amide bonds. The van der Waals surface area contributed by atoms with Crippen molar-refractivity contribution in [3.8, 4) is 11.1 Å². The van der Waals surface area contributed by atoms with Crippen LogP contribution in [0, 0.1) is 5.82 Å². The maximum atomic E-state index is 15.5. The summed E-state index contributed by atoms with van der Waals surface area (Å²) in [5.41, 5.74) is 2.49. The molecule has 190 valence electrons. The van der Waals surface area contributed by atoms with E-state index in [4.69, 9.17) is 4.74 Å². The number of aromatic nitrogens is 4. The number of ether oxygens (including phenoxy) is 1. The van der Waals surface area contributed by atoms with Gasteiger partial charge in [0.1, 0.15) is 5.82 Å². The Kier molecular flexibility index (Phi) is 6.84. The molecule has 2 aromatic heterocycles. The second kappa shape index (κ2) is 10.2. The summed E-state index contributed by atoms with van der Waals surface area (Å²) in [5.74, 6) is -0.0997. The molecular formula is C25H31FN8O2. The average molecular weight is 495 g/mol. The van der Waals surface area contributed by atoms with Crippen molar-refractivity contribution in [2.45, 2.75) is 13.0 Å². The number of amides is 1. The molecule has 5 rings (SSSR count). The van der Waals surface area contributed by atoms with E-state index in [0.29, 0.717) is 53.3 Å². The topological polar surface area (TPSA) is 91.6 Å². The van der Waals surface area contributed by atoms with E-state index in [9.17, 15) is 4.79 Å². The van der Waals surface area contributed by atoms with Gasteiger partial charge < -0.3 is 24.8 Å². The van der Waals surface area contributed by atoms with Crippen LogP contribution in [0.4, 0.5) is 21.7 Å². The highest BCUT2D eigenvalue weighted by Gasteiger charge is 2.25. The normalized spacial score (nSPS) is 18.9. The number of anilines is 3. The predicted octanol–water partition coefficient (Wildman–Crippen LogP) is 2.25. The lowest BCUT2D eigenvalue weighted by Gasteiger charge is -2.39. The average Bonchev–Trinajstić information content (AvgIpc) is 3.33. The van der Waals surface area contributed by atoms with Gasteiger partial charge in [-0.1, -0.05) is 0 Å². The largest absolute Gasteiger partial charge is 0.378 e.